The van der Waals surface area contributed by atoms with Crippen LogP contribution in [-0.2, 0) is 7.05 Å². The summed E-state index contributed by atoms with van der Waals surface area (Å²) < 4.78 is 2.04. The minimum Gasteiger partial charge on any atom is -0.337 e. The van der Waals surface area contributed by atoms with Crippen LogP contribution in [0.4, 0.5) is 0 Å². The molecule has 1 unspecified atom stereocenters. The van der Waals surface area contributed by atoms with Gasteiger partial charge in [-0.05, 0) is 13.3 Å². The number of imidazole rings is 1. The van der Waals surface area contributed by atoms with Crippen molar-refractivity contribution in [3.05, 3.63) is 18.2 Å². The normalized spacial score (nSPS) is 11.9. The molecule has 0 bridgehead atoms. The summed E-state index contributed by atoms with van der Waals surface area (Å²) in [6, 6.07) is 0.302. The molecule has 0 saturated heterocycles. The van der Waals surface area contributed by atoms with Gasteiger partial charge in [-0.3, -0.25) is 5.32 Å². The highest BCUT2D eigenvalue weighted by Gasteiger charge is 2.11. The summed E-state index contributed by atoms with van der Waals surface area (Å²) in [5, 5.41) is 3.36. The quantitative estimate of drug-likeness (QED) is 0.731. The van der Waals surface area contributed by atoms with Gasteiger partial charge in [-0.2, -0.15) is 0 Å². The molecule has 3 nitrogen and oxygen atoms in total. The fourth-order valence-electron chi connectivity index (χ4n) is 1.39. The first-order valence-electron chi connectivity index (χ1n) is 4.89. The lowest BCUT2D eigenvalue weighted by atomic mass is 10.2. The van der Waals surface area contributed by atoms with E-state index in [2.05, 4.69) is 29.1 Å². The van der Waals surface area contributed by atoms with Gasteiger partial charge in [0.15, 0.2) is 0 Å². The van der Waals surface area contributed by atoms with Crippen molar-refractivity contribution in [1.29, 1.82) is 0 Å². The Kier molecular flexibility index (Phi) is 4.21. The van der Waals surface area contributed by atoms with Crippen molar-refractivity contribution in [2.75, 3.05) is 6.54 Å². The van der Waals surface area contributed by atoms with E-state index >= 15 is 0 Å². The van der Waals surface area contributed by atoms with Crippen LogP contribution in [0.1, 0.15) is 32.1 Å². The SMILES string of the molecule is CC#CCNC(CC)c1nccn1C. The Morgan fingerprint density at radius 1 is 1.64 bits per heavy atom. The van der Waals surface area contributed by atoms with Crippen LogP contribution in [0.5, 0.6) is 0 Å². The molecule has 1 atom stereocenters. The minimum atomic E-state index is 0.302. The predicted molar refractivity (Wildman–Crippen MR) is 57.7 cm³/mol. The van der Waals surface area contributed by atoms with E-state index in [0.717, 1.165) is 18.8 Å². The lowest BCUT2D eigenvalue weighted by molar-refractivity contribution is 0.510. The summed E-state index contributed by atoms with van der Waals surface area (Å²) in [6.45, 7) is 4.72. The van der Waals surface area contributed by atoms with Gasteiger partial charge in [-0.25, -0.2) is 4.98 Å². The lowest BCUT2D eigenvalue weighted by Crippen LogP contribution is -2.23. The van der Waals surface area contributed by atoms with E-state index in [1.54, 1.807) is 0 Å². The molecule has 14 heavy (non-hydrogen) atoms. The summed E-state index contributed by atoms with van der Waals surface area (Å²) in [4.78, 5) is 4.32. The number of aromatic nitrogens is 2. The maximum absolute atomic E-state index is 4.32. The van der Waals surface area contributed by atoms with Crippen molar-refractivity contribution in [3.63, 3.8) is 0 Å². The van der Waals surface area contributed by atoms with Crippen LogP contribution in [0, 0.1) is 11.8 Å². The molecule has 0 radical (unpaired) electrons. The molecule has 1 rings (SSSR count). The summed E-state index contributed by atoms with van der Waals surface area (Å²) in [5.41, 5.74) is 0. The zero-order valence-electron chi connectivity index (χ0n) is 9.04. The molecule has 0 aliphatic heterocycles. The average Bonchev–Trinajstić information content (AvgIpc) is 2.60. The standard InChI is InChI=1S/C11H17N3/c1-4-6-7-12-10(5-2)11-13-8-9-14(11)3/h8-10,12H,5,7H2,1-3H3. The molecule has 1 N–H and O–H groups in total. The van der Waals surface area contributed by atoms with Crippen molar-refractivity contribution < 1.29 is 0 Å². The fourth-order valence-corrected chi connectivity index (χ4v) is 1.39. The number of hydrogen-bond donors (Lipinski definition) is 1. The second-order valence-corrected chi connectivity index (χ2v) is 3.16. The molecule has 3 heteroatoms. The summed E-state index contributed by atoms with van der Waals surface area (Å²) >= 11 is 0. The first-order chi connectivity index (χ1) is 6.79. The minimum absolute atomic E-state index is 0.302. The van der Waals surface area contributed by atoms with Crippen molar-refractivity contribution in [3.8, 4) is 11.8 Å². The molecule has 76 valence electrons. The van der Waals surface area contributed by atoms with Crippen LogP contribution < -0.4 is 5.32 Å². The Labute approximate surface area is 85.5 Å². The molecule has 1 aromatic heterocycles. The van der Waals surface area contributed by atoms with E-state index in [1.807, 2.05) is 30.9 Å². The Balaban J connectivity index is 2.61. The van der Waals surface area contributed by atoms with Crippen molar-refractivity contribution in [1.82, 2.24) is 14.9 Å². The largest absolute Gasteiger partial charge is 0.337 e. The average molecular weight is 191 g/mol. The fraction of sp³-hybridized carbons (Fsp3) is 0.545. The summed E-state index contributed by atoms with van der Waals surface area (Å²) in [5.74, 6) is 6.94. The number of rotatable bonds is 4. The van der Waals surface area contributed by atoms with E-state index < -0.39 is 0 Å². The van der Waals surface area contributed by atoms with Crippen LogP contribution in [0.15, 0.2) is 12.4 Å². The van der Waals surface area contributed by atoms with Gasteiger partial charge in [-0.1, -0.05) is 12.8 Å². The topological polar surface area (TPSA) is 29.9 Å². The maximum Gasteiger partial charge on any atom is 0.125 e. The van der Waals surface area contributed by atoms with Crippen LogP contribution in [0.3, 0.4) is 0 Å². The summed E-state index contributed by atoms with van der Waals surface area (Å²) in [7, 11) is 2.01. The highest BCUT2D eigenvalue weighted by Crippen LogP contribution is 2.12. The Morgan fingerprint density at radius 3 is 2.93 bits per heavy atom. The number of aryl methyl sites for hydroxylation is 1. The molecule has 0 fully saturated rings. The van der Waals surface area contributed by atoms with Gasteiger partial charge in [0.05, 0.1) is 12.6 Å². The van der Waals surface area contributed by atoms with Gasteiger partial charge in [-0.15, -0.1) is 5.92 Å². The molecule has 0 saturated carbocycles. The molecule has 1 heterocycles. The predicted octanol–water partition coefficient (Wildman–Crippen LogP) is 1.48. The first kappa shape index (κ1) is 10.8. The molecule has 0 aliphatic carbocycles. The van der Waals surface area contributed by atoms with Crippen LogP contribution in [-0.4, -0.2) is 16.1 Å². The van der Waals surface area contributed by atoms with Gasteiger partial charge >= 0.3 is 0 Å². The van der Waals surface area contributed by atoms with Crippen molar-refractivity contribution in [2.24, 2.45) is 7.05 Å². The molecule has 0 amide bonds. The Morgan fingerprint density at radius 2 is 2.43 bits per heavy atom. The molecular weight excluding hydrogens is 174 g/mol. The lowest BCUT2D eigenvalue weighted by Gasteiger charge is -2.14. The zero-order chi connectivity index (χ0) is 10.4. The van der Waals surface area contributed by atoms with E-state index in [4.69, 9.17) is 0 Å². The van der Waals surface area contributed by atoms with Gasteiger partial charge < -0.3 is 4.57 Å². The Bertz CT molecular complexity index is 330. The van der Waals surface area contributed by atoms with Gasteiger partial charge in [0, 0.05) is 19.4 Å². The second-order valence-electron chi connectivity index (χ2n) is 3.16. The third-order valence-corrected chi connectivity index (χ3v) is 2.19. The van der Waals surface area contributed by atoms with Crippen molar-refractivity contribution >= 4 is 0 Å². The molecule has 0 aliphatic rings. The summed E-state index contributed by atoms with van der Waals surface area (Å²) in [6.07, 6.45) is 4.81. The van der Waals surface area contributed by atoms with E-state index in [-0.39, 0.29) is 0 Å². The first-order valence-corrected chi connectivity index (χ1v) is 4.89. The molecule has 0 spiro atoms. The molecule has 0 aromatic carbocycles. The Hall–Kier alpha value is -1.27. The van der Waals surface area contributed by atoms with E-state index in [0.29, 0.717) is 6.04 Å². The monoisotopic (exact) mass is 191 g/mol. The van der Waals surface area contributed by atoms with Gasteiger partial charge in [0.2, 0.25) is 0 Å². The second kappa shape index (κ2) is 5.46. The van der Waals surface area contributed by atoms with Crippen LogP contribution in [0.2, 0.25) is 0 Å². The van der Waals surface area contributed by atoms with E-state index in [9.17, 15) is 0 Å². The molecule has 1 aromatic rings. The number of nitrogens with one attached hydrogen (secondary N) is 1. The number of nitrogens with zero attached hydrogens (tertiary/aromatic N) is 2. The third kappa shape index (κ3) is 2.61. The van der Waals surface area contributed by atoms with Crippen LogP contribution >= 0.6 is 0 Å². The van der Waals surface area contributed by atoms with Gasteiger partial charge in [0.25, 0.3) is 0 Å². The maximum atomic E-state index is 4.32. The number of hydrogen-bond acceptors (Lipinski definition) is 2. The smallest absolute Gasteiger partial charge is 0.125 e. The molecular formula is C11H17N3. The highest BCUT2D eigenvalue weighted by molar-refractivity contribution is 5.02. The highest BCUT2D eigenvalue weighted by atomic mass is 15.1. The van der Waals surface area contributed by atoms with Crippen LogP contribution in [0.25, 0.3) is 0 Å². The third-order valence-electron chi connectivity index (χ3n) is 2.19. The zero-order valence-corrected chi connectivity index (χ0v) is 9.04. The van der Waals surface area contributed by atoms with Gasteiger partial charge in [0.1, 0.15) is 5.82 Å². The van der Waals surface area contributed by atoms with Crippen molar-refractivity contribution in [2.45, 2.75) is 26.3 Å². The van der Waals surface area contributed by atoms with E-state index in [1.165, 1.54) is 0 Å².